The van der Waals surface area contributed by atoms with E-state index in [1.165, 1.54) is 17.3 Å². The number of carbonyl (C=O) groups is 1. The first-order valence-electron chi connectivity index (χ1n) is 10.3. The molecule has 0 fully saturated rings. The maximum Gasteiger partial charge on any atom is 0.250 e. The summed E-state index contributed by atoms with van der Waals surface area (Å²) in [5.41, 5.74) is 7.60. The molecule has 0 unspecified atom stereocenters. The Bertz CT molecular complexity index is 1270. The highest BCUT2D eigenvalue weighted by molar-refractivity contribution is 7.99. The van der Waals surface area contributed by atoms with Crippen LogP contribution in [0.25, 0.3) is 17.1 Å². The number of nitrogens with zero attached hydrogens (tertiary/aromatic N) is 4. The summed E-state index contributed by atoms with van der Waals surface area (Å²) in [4.78, 5) is 12.3. The van der Waals surface area contributed by atoms with E-state index in [0.29, 0.717) is 16.0 Å². The Morgan fingerprint density at radius 3 is 2.27 bits per heavy atom. The smallest absolute Gasteiger partial charge is 0.250 e. The molecule has 0 bridgehead atoms. The van der Waals surface area contributed by atoms with Crippen molar-refractivity contribution in [1.82, 2.24) is 20.2 Å². The summed E-state index contributed by atoms with van der Waals surface area (Å²) in [7, 11) is 0. The molecule has 3 aromatic carbocycles. The number of hydrogen-bond acceptors (Lipinski definition) is 5. The summed E-state index contributed by atoms with van der Waals surface area (Å²) in [5.74, 6) is 0.598. The van der Waals surface area contributed by atoms with E-state index in [1.54, 1.807) is 6.21 Å². The van der Waals surface area contributed by atoms with Crippen LogP contribution in [0, 0.1) is 13.8 Å². The quantitative estimate of drug-likeness (QED) is 0.219. The molecule has 1 amide bonds. The first kappa shape index (κ1) is 22.8. The Morgan fingerprint density at radius 1 is 0.970 bits per heavy atom. The number of rotatable bonds is 7. The minimum absolute atomic E-state index is 0.149. The zero-order valence-corrected chi connectivity index (χ0v) is 19.8. The van der Waals surface area contributed by atoms with Gasteiger partial charge >= 0.3 is 0 Å². The largest absolute Gasteiger partial charge is 0.272 e. The fourth-order valence-electron chi connectivity index (χ4n) is 3.07. The van der Waals surface area contributed by atoms with Gasteiger partial charge in [-0.3, -0.25) is 9.36 Å². The molecule has 1 N–H and O–H groups in total. The Labute approximate surface area is 201 Å². The third-order valence-electron chi connectivity index (χ3n) is 4.84. The van der Waals surface area contributed by atoms with E-state index in [9.17, 15) is 4.79 Å². The molecule has 0 spiro atoms. The highest BCUT2D eigenvalue weighted by Gasteiger charge is 2.17. The average molecular weight is 476 g/mol. The predicted molar refractivity (Wildman–Crippen MR) is 134 cm³/mol. The topological polar surface area (TPSA) is 72.2 Å². The molecule has 0 aliphatic carbocycles. The SMILES string of the molecule is Cc1ccc(/C=N/NC(=O)CSc2nnc(-c3ccc(Cl)cc3)n2-c2ccc(C)cc2)cc1. The van der Waals surface area contributed by atoms with Crippen LogP contribution in [-0.4, -0.2) is 32.6 Å². The zero-order chi connectivity index (χ0) is 23.2. The molecule has 0 radical (unpaired) electrons. The van der Waals surface area contributed by atoms with Gasteiger partial charge in [0.25, 0.3) is 5.91 Å². The lowest BCUT2D eigenvalue weighted by Crippen LogP contribution is -2.20. The monoisotopic (exact) mass is 475 g/mol. The molecule has 0 saturated carbocycles. The normalized spacial score (nSPS) is 11.1. The van der Waals surface area contributed by atoms with Gasteiger partial charge in [-0.05, 0) is 55.8 Å². The molecule has 0 saturated heterocycles. The van der Waals surface area contributed by atoms with Gasteiger partial charge in [0.05, 0.1) is 12.0 Å². The molecule has 0 aliphatic rings. The molecule has 0 aliphatic heterocycles. The number of aryl methyl sites for hydroxylation is 2. The van der Waals surface area contributed by atoms with E-state index in [0.717, 1.165) is 22.4 Å². The molecule has 8 heteroatoms. The van der Waals surface area contributed by atoms with Gasteiger partial charge < -0.3 is 0 Å². The van der Waals surface area contributed by atoms with Gasteiger partial charge in [-0.25, -0.2) is 5.43 Å². The molecule has 166 valence electrons. The molecule has 6 nitrogen and oxygen atoms in total. The van der Waals surface area contributed by atoms with E-state index < -0.39 is 0 Å². The van der Waals surface area contributed by atoms with E-state index in [4.69, 9.17) is 11.6 Å². The number of halogens is 1. The van der Waals surface area contributed by atoms with Crippen LogP contribution >= 0.6 is 23.4 Å². The fraction of sp³-hybridized carbons (Fsp3) is 0.120. The van der Waals surface area contributed by atoms with Gasteiger partial charge in [0.1, 0.15) is 0 Å². The van der Waals surface area contributed by atoms with Gasteiger partial charge in [0.2, 0.25) is 0 Å². The standard InChI is InChI=1S/C25H22ClN5OS/c1-17-3-7-19(8-4-17)15-27-28-23(32)16-33-25-30-29-24(20-9-11-21(26)12-10-20)31(25)22-13-5-18(2)6-14-22/h3-15H,16H2,1-2H3,(H,28,32)/b27-15+. The van der Waals surface area contributed by atoms with Crippen LogP contribution in [0.4, 0.5) is 0 Å². The van der Waals surface area contributed by atoms with Crippen LogP contribution in [0.5, 0.6) is 0 Å². The van der Waals surface area contributed by atoms with Crippen molar-refractivity contribution in [1.29, 1.82) is 0 Å². The fourth-order valence-corrected chi connectivity index (χ4v) is 3.94. The summed E-state index contributed by atoms with van der Waals surface area (Å²) in [6, 6.07) is 23.4. The van der Waals surface area contributed by atoms with Crippen molar-refractivity contribution in [3.05, 3.63) is 94.5 Å². The highest BCUT2D eigenvalue weighted by atomic mass is 35.5. The van der Waals surface area contributed by atoms with Gasteiger partial charge in [0.15, 0.2) is 11.0 Å². The van der Waals surface area contributed by atoms with E-state index in [2.05, 4.69) is 20.7 Å². The lowest BCUT2D eigenvalue weighted by Gasteiger charge is -2.10. The molecule has 1 heterocycles. The van der Waals surface area contributed by atoms with Crippen LogP contribution < -0.4 is 5.43 Å². The molecule has 33 heavy (non-hydrogen) atoms. The van der Waals surface area contributed by atoms with Crippen molar-refractivity contribution in [2.45, 2.75) is 19.0 Å². The first-order valence-corrected chi connectivity index (χ1v) is 11.7. The number of amides is 1. The van der Waals surface area contributed by atoms with Crippen molar-refractivity contribution < 1.29 is 4.79 Å². The van der Waals surface area contributed by atoms with Crippen molar-refractivity contribution in [3.8, 4) is 17.1 Å². The van der Waals surface area contributed by atoms with Gasteiger partial charge in [-0.15, -0.1) is 10.2 Å². The first-order chi connectivity index (χ1) is 16.0. The van der Waals surface area contributed by atoms with E-state index >= 15 is 0 Å². The predicted octanol–water partition coefficient (Wildman–Crippen LogP) is 5.45. The van der Waals surface area contributed by atoms with Crippen molar-refractivity contribution in [3.63, 3.8) is 0 Å². The summed E-state index contributed by atoms with van der Waals surface area (Å²) in [6.07, 6.45) is 1.62. The number of hydrazone groups is 1. The lowest BCUT2D eigenvalue weighted by molar-refractivity contribution is -0.118. The molecule has 1 aromatic heterocycles. The number of hydrogen-bond donors (Lipinski definition) is 1. The van der Waals surface area contributed by atoms with Gasteiger partial charge in [-0.2, -0.15) is 5.10 Å². The van der Waals surface area contributed by atoms with Gasteiger partial charge in [-0.1, -0.05) is 70.9 Å². The summed E-state index contributed by atoms with van der Waals surface area (Å²) < 4.78 is 1.94. The molecule has 4 rings (SSSR count). The average Bonchev–Trinajstić information content (AvgIpc) is 3.24. The molecule has 4 aromatic rings. The third-order valence-corrected chi connectivity index (χ3v) is 6.02. The van der Waals surface area contributed by atoms with Crippen LogP contribution in [-0.2, 0) is 4.79 Å². The summed E-state index contributed by atoms with van der Waals surface area (Å²) in [5, 5.41) is 14.0. The van der Waals surface area contributed by atoms with Crippen LogP contribution in [0.3, 0.4) is 0 Å². The van der Waals surface area contributed by atoms with Crippen LogP contribution in [0.15, 0.2) is 83.1 Å². The summed E-state index contributed by atoms with van der Waals surface area (Å²) in [6.45, 7) is 4.06. The van der Waals surface area contributed by atoms with Crippen molar-refractivity contribution in [2.75, 3.05) is 5.75 Å². The van der Waals surface area contributed by atoms with Crippen molar-refractivity contribution in [2.24, 2.45) is 5.10 Å². The van der Waals surface area contributed by atoms with E-state index in [1.807, 2.05) is 91.2 Å². The number of benzene rings is 3. The number of thioether (sulfide) groups is 1. The number of carbonyl (C=O) groups excluding carboxylic acids is 1. The second-order valence-electron chi connectivity index (χ2n) is 7.48. The Morgan fingerprint density at radius 2 is 1.61 bits per heavy atom. The van der Waals surface area contributed by atoms with Crippen molar-refractivity contribution >= 4 is 35.5 Å². The maximum absolute atomic E-state index is 12.3. The lowest BCUT2D eigenvalue weighted by atomic mass is 10.2. The van der Waals surface area contributed by atoms with Gasteiger partial charge in [0, 0.05) is 16.3 Å². The Hall–Kier alpha value is -3.42. The summed E-state index contributed by atoms with van der Waals surface area (Å²) >= 11 is 7.35. The zero-order valence-electron chi connectivity index (χ0n) is 18.2. The third kappa shape index (κ3) is 5.88. The maximum atomic E-state index is 12.3. The Kier molecular flexibility index (Phi) is 7.22. The number of aromatic nitrogens is 3. The molecule has 0 atom stereocenters. The van der Waals surface area contributed by atoms with E-state index in [-0.39, 0.29) is 11.7 Å². The molecular formula is C25H22ClN5OS. The van der Waals surface area contributed by atoms with Crippen LogP contribution in [0.2, 0.25) is 5.02 Å². The minimum atomic E-state index is -0.227. The second-order valence-corrected chi connectivity index (χ2v) is 8.86. The minimum Gasteiger partial charge on any atom is -0.272 e. The highest BCUT2D eigenvalue weighted by Crippen LogP contribution is 2.28. The number of nitrogens with one attached hydrogen (secondary N) is 1. The van der Waals surface area contributed by atoms with Crippen LogP contribution in [0.1, 0.15) is 16.7 Å². The molecular weight excluding hydrogens is 454 g/mol. The Balaban J connectivity index is 1.51. The second kappa shape index (κ2) is 10.5.